The summed E-state index contributed by atoms with van der Waals surface area (Å²) in [6.07, 6.45) is 1.87. The molecule has 3 aromatic heterocycles. The van der Waals surface area contributed by atoms with E-state index in [1.807, 2.05) is 25.1 Å². The lowest BCUT2D eigenvalue weighted by atomic mass is 9.75. The molecule has 0 aliphatic heterocycles. The fraction of sp³-hybridized carbons (Fsp3) is 0.414. The maximum absolute atomic E-state index is 14.6. The molecule has 2 aliphatic carbocycles. The van der Waals surface area contributed by atoms with E-state index >= 15 is 0 Å². The van der Waals surface area contributed by atoms with Gasteiger partial charge in [-0.3, -0.25) is 9.78 Å². The van der Waals surface area contributed by atoms with Gasteiger partial charge in [-0.05, 0) is 98.1 Å². The van der Waals surface area contributed by atoms with Gasteiger partial charge in [0, 0.05) is 11.8 Å². The van der Waals surface area contributed by atoms with Crippen LogP contribution in [0.25, 0.3) is 10.7 Å². The Morgan fingerprint density at radius 3 is 2.33 bits per heavy atom. The highest BCUT2D eigenvalue weighted by atomic mass is 32.1. The van der Waals surface area contributed by atoms with Crippen LogP contribution in [0, 0.1) is 12.7 Å². The fourth-order valence-corrected chi connectivity index (χ4v) is 6.52. The Morgan fingerprint density at radius 2 is 1.65 bits per heavy atom. The number of pyridine rings is 1. The average Bonchev–Trinajstić information content (AvgIpc) is 3.64. The van der Waals surface area contributed by atoms with Gasteiger partial charge in [0.05, 0.1) is 12.2 Å². The third kappa shape index (κ3) is 5.31. The molecule has 2 saturated carbocycles. The van der Waals surface area contributed by atoms with Gasteiger partial charge in [-0.1, -0.05) is 29.5 Å². The van der Waals surface area contributed by atoms with Gasteiger partial charge in [0.2, 0.25) is 5.01 Å². The molecule has 0 N–H and O–H groups in total. The third-order valence-electron chi connectivity index (χ3n) is 7.98. The summed E-state index contributed by atoms with van der Waals surface area (Å²) < 4.78 is 55.8. The lowest BCUT2D eigenvalue weighted by Gasteiger charge is -2.30. The molecule has 40 heavy (non-hydrogen) atoms. The van der Waals surface area contributed by atoms with Crippen molar-refractivity contribution < 1.29 is 17.6 Å². The number of benzene rings is 1. The van der Waals surface area contributed by atoms with Gasteiger partial charge in [-0.15, -0.1) is 10.2 Å². The largest absolute Gasteiger partial charge is 0.445 e. The average molecular weight is 570 g/mol. The predicted octanol–water partition coefficient (Wildman–Crippen LogP) is 6.99. The number of aromatic nitrogens is 5. The molecule has 0 amide bonds. The lowest BCUT2D eigenvalue weighted by molar-refractivity contribution is -0.138. The van der Waals surface area contributed by atoms with Crippen LogP contribution in [0.15, 0.2) is 47.4 Å². The van der Waals surface area contributed by atoms with Gasteiger partial charge in [-0.2, -0.15) is 18.3 Å². The third-order valence-corrected chi connectivity index (χ3v) is 8.97. The molecule has 4 aromatic rings. The smallest absolute Gasteiger partial charge is 0.267 e. The summed E-state index contributed by atoms with van der Waals surface area (Å²) >= 11 is 0.406. The Bertz CT molecular complexity index is 1580. The predicted molar refractivity (Wildman–Crippen MR) is 143 cm³/mol. The second-order valence-electron chi connectivity index (χ2n) is 10.7. The molecule has 0 saturated heterocycles. The van der Waals surface area contributed by atoms with E-state index in [-0.39, 0.29) is 40.5 Å². The summed E-state index contributed by atoms with van der Waals surface area (Å²) in [5.74, 6) is 0.103. The summed E-state index contributed by atoms with van der Waals surface area (Å²) in [6, 6.07) is 10.5. The molecule has 0 radical (unpaired) electrons. The first kappa shape index (κ1) is 26.7. The number of halogens is 4. The summed E-state index contributed by atoms with van der Waals surface area (Å²) in [4.78, 5) is 18.3. The highest BCUT2D eigenvalue weighted by Gasteiger charge is 2.36. The zero-order valence-corrected chi connectivity index (χ0v) is 22.6. The second kappa shape index (κ2) is 10.5. The molecule has 0 bridgehead atoms. The number of aryl methyl sites for hydroxylation is 1. The lowest BCUT2D eigenvalue weighted by Crippen LogP contribution is -2.30. The minimum Gasteiger partial charge on any atom is -0.267 e. The number of hydrogen-bond acceptors (Lipinski definition) is 6. The number of nitrogens with zero attached hydrogens (tertiary/aromatic N) is 5. The van der Waals surface area contributed by atoms with Gasteiger partial charge < -0.3 is 0 Å². The topological polar surface area (TPSA) is 73.6 Å². The van der Waals surface area contributed by atoms with E-state index in [1.54, 1.807) is 18.3 Å². The molecule has 2 fully saturated rings. The van der Waals surface area contributed by atoms with E-state index in [1.165, 1.54) is 10.7 Å². The van der Waals surface area contributed by atoms with Gasteiger partial charge >= 0.3 is 6.18 Å². The standard InChI is InChI=1S/C29H27F4N5OS/c1-16-4-2-6-22(30)25(16)19-11-9-18(10-12-19)21-14-23(26-35-36-28(40-26)29(31,32)33)37-38(27(21)39)15-24-20(17-7-8-17)5-3-13-34-24/h2-6,13-14,17-19H,7-12,15H2,1H3. The van der Waals surface area contributed by atoms with Crippen LogP contribution in [-0.2, 0) is 12.7 Å². The van der Waals surface area contributed by atoms with Crippen molar-refractivity contribution in [1.82, 2.24) is 25.0 Å². The van der Waals surface area contributed by atoms with E-state index in [9.17, 15) is 22.4 Å². The zero-order valence-electron chi connectivity index (χ0n) is 21.8. The van der Waals surface area contributed by atoms with Crippen LogP contribution >= 0.6 is 11.3 Å². The first-order valence-electron chi connectivity index (χ1n) is 13.4. The minimum atomic E-state index is -4.62. The molecule has 6 nitrogen and oxygen atoms in total. The van der Waals surface area contributed by atoms with Crippen LogP contribution in [0.2, 0.25) is 0 Å². The molecule has 3 heterocycles. The molecule has 1 aromatic carbocycles. The van der Waals surface area contributed by atoms with Gasteiger partial charge in [0.15, 0.2) is 5.01 Å². The highest BCUT2D eigenvalue weighted by molar-refractivity contribution is 7.14. The van der Waals surface area contributed by atoms with Crippen molar-refractivity contribution in [2.24, 2.45) is 0 Å². The zero-order chi connectivity index (χ0) is 28.0. The number of rotatable bonds is 6. The summed E-state index contributed by atoms with van der Waals surface area (Å²) in [5, 5.41) is 10.5. The van der Waals surface area contributed by atoms with Crippen molar-refractivity contribution >= 4 is 11.3 Å². The Hall–Kier alpha value is -3.47. The van der Waals surface area contributed by atoms with E-state index in [4.69, 9.17) is 0 Å². The monoisotopic (exact) mass is 569 g/mol. The maximum Gasteiger partial charge on any atom is 0.445 e. The molecule has 2 aliphatic rings. The second-order valence-corrected chi connectivity index (χ2v) is 11.7. The molecule has 0 unspecified atom stereocenters. The van der Waals surface area contributed by atoms with Crippen molar-refractivity contribution in [3.8, 4) is 10.7 Å². The van der Waals surface area contributed by atoms with E-state index < -0.39 is 11.2 Å². The van der Waals surface area contributed by atoms with Crippen LogP contribution in [-0.4, -0.2) is 25.0 Å². The maximum atomic E-state index is 14.6. The molecule has 6 rings (SSSR count). The summed E-state index contributed by atoms with van der Waals surface area (Å²) in [5.41, 5.74) is 3.82. The van der Waals surface area contributed by atoms with E-state index in [0.717, 1.165) is 35.2 Å². The van der Waals surface area contributed by atoms with Gasteiger partial charge in [-0.25, -0.2) is 9.07 Å². The normalized spacial score (nSPS) is 19.6. The number of alkyl halides is 3. The van der Waals surface area contributed by atoms with Crippen molar-refractivity contribution in [3.63, 3.8) is 0 Å². The van der Waals surface area contributed by atoms with Crippen molar-refractivity contribution in [2.75, 3.05) is 0 Å². The van der Waals surface area contributed by atoms with Crippen molar-refractivity contribution in [3.05, 3.63) is 91.7 Å². The van der Waals surface area contributed by atoms with Crippen molar-refractivity contribution in [1.29, 1.82) is 0 Å². The SMILES string of the molecule is Cc1cccc(F)c1C1CCC(c2cc(-c3nnc(C(F)(F)F)s3)nn(Cc3ncccc3C3CC3)c2=O)CC1. The highest BCUT2D eigenvalue weighted by Crippen LogP contribution is 2.43. The molecular formula is C29H27F4N5OS. The molecule has 11 heteroatoms. The number of hydrogen-bond donors (Lipinski definition) is 0. The molecular weight excluding hydrogens is 542 g/mol. The minimum absolute atomic E-state index is 0.00132. The van der Waals surface area contributed by atoms with Crippen LogP contribution in [0.4, 0.5) is 17.6 Å². The fourth-order valence-electron chi connectivity index (χ4n) is 5.85. The first-order chi connectivity index (χ1) is 19.2. The first-order valence-corrected chi connectivity index (χ1v) is 14.2. The van der Waals surface area contributed by atoms with Gasteiger partial charge in [0.1, 0.15) is 11.5 Å². The van der Waals surface area contributed by atoms with E-state index in [0.29, 0.717) is 48.5 Å². The molecule has 208 valence electrons. The van der Waals surface area contributed by atoms with Crippen LogP contribution < -0.4 is 5.56 Å². The molecule has 0 spiro atoms. The van der Waals surface area contributed by atoms with E-state index in [2.05, 4.69) is 20.3 Å². The van der Waals surface area contributed by atoms with Crippen LogP contribution in [0.5, 0.6) is 0 Å². The Morgan fingerprint density at radius 1 is 0.950 bits per heavy atom. The Labute approximate surface area is 232 Å². The van der Waals surface area contributed by atoms with Gasteiger partial charge in [0.25, 0.3) is 5.56 Å². The van der Waals surface area contributed by atoms with Crippen LogP contribution in [0.1, 0.15) is 89.2 Å². The summed E-state index contributed by atoms with van der Waals surface area (Å²) in [7, 11) is 0. The molecule has 0 atom stereocenters. The van der Waals surface area contributed by atoms with Crippen molar-refractivity contribution in [2.45, 2.75) is 75.9 Å². The Balaban J connectivity index is 1.36. The summed E-state index contributed by atoms with van der Waals surface area (Å²) in [6.45, 7) is 2.02. The van der Waals surface area contributed by atoms with Crippen LogP contribution in [0.3, 0.4) is 0 Å². The Kier molecular flexibility index (Phi) is 7.02. The quantitative estimate of drug-likeness (QED) is 0.234.